The second-order valence-electron chi connectivity index (χ2n) is 6.38. The molecule has 2 aromatic heterocycles. The lowest BCUT2D eigenvalue weighted by Gasteiger charge is -2.22. The van der Waals surface area contributed by atoms with E-state index in [-0.39, 0.29) is 5.56 Å². The number of carbonyl (C=O) groups excluding carboxylic acids is 1. The van der Waals surface area contributed by atoms with Gasteiger partial charge in [0, 0.05) is 4.88 Å². The van der Waals surface area contributed by atoms with Crippen LogP contribution in [0.2, 0.25) is 0 Å². The number of ether oxygens (including phenoxy) is 1. The Morgan fingerprint density at radius 1 is 1.21 bits per heavy atom. The topological polar surface area (TPSA) is 60.7 Å². The molecular weight excluding hydrogens is 404 g/mol. The summed E-state index contributed by atoms with van der Waals surface area (Å²) in [5.41, 5.74) is 1.85. The third-order valence-electron chi connectivity index (χ3n) is 4.58. The van der Waals surface area contributed by atoms with Crippen molar-refractivity contribution in [2.75, 3.05) is 7.11 Å². The van der Waals surface area contributed by atoms with E-state index in [0.29, 0.717) is 20.6 Å². The van der Waals surface area contributed by atoms with Crippen molar-refractivity contribution in [3.63, 3.8) is 0 Å². The number of hydrogen-bond acceptors (Lipinski definition) is 6. The highest BCUT2D eigenvalue weighted by Gasteiger charge is 2.33. The van der Waals surface area contributed by atoms with Crippen LogP contribution in [0.4, 0.5) is 0 Å². The first-order chi connectivity index (χ1) is 14.1. The Morgan fingerprint density at radius 3 is 2.69 bits per heavy atom. The molecule has 0 radical (unpaired) electrons. The predicted molar refractivity (Wildman–Crippen MR) is 116 cm³/mol. The minimum Gasteiger partial charge on any atom is -0.466 e. The molecule has 4 rings (SSSR count). The van der Waals surface area contributed by atoms with Crippen LogP contribution in [-0.2, 0) is 9.53 Å². The van der Waals surface area contributed by atoms with Crippen molar-refractivity contribution in [3.05, 3.63) is 95.3 Å². The van der Waals surface area contributed by atoms with Crippen molar-refractivity contribution in [1.82, 2.24) is 4.57 Å². The average molecular weight is 423 g/mol. The van der Waals surface area contributed by atoms with E-state index >= 15 is 0 Å². The average Bonchev–Trinajstić information content (AvgIpc) is 3.36. The SMILES string of the molecule is COC(=O)C1=C(C)N=c2sc(=C/C=C\c3ccccc3)c(=O)n2[C@@H]1c1cccs1. The third-order valence-corrected chi connectivity index (χ3v) is 6.50. The zero-order valence-corrected chi connectivity index (χ0v) is 17.5. The van der Waals surface area contributed by atoms with Crippen LogP contribution >= 0.6 is 22.7 Å². The van der Waals surface area contributed by atoms with Crippen molar-refractivity contribution in [3.8, 4) is 0 Å². The second-order valence-corrected chi connectivity index (χ2v) is 8.37. The molecule has 0 aliphatic carbocycles. The molecule has 3 aromatic rings. The highest BCUT2D eigenvalue weighted by Crippen LogP contribution is 2.32. The summed E-state index contributed by atoms with van der Waals surface area (Å²) >= 11 is 2.82. The monoisotopic (exact) mass is 422 g/mol. The van der Waals surface area contributed by atoms with Gasteiger partial charge in [-0.2, -0.15) is 0 Å². The maximum absolute atomic E-state index is 13.2. The normalized spacial score (nSPS) is 16.8. The molecule has 0 saturated carbocycles. The molecule has 29 heavy (non-hydrogen) atoms. The summed E-state index contributed by atoms with van der Waals surface area (Å²) < 4.78 is 7.14. The molecule has 1 atom stereocenters. The summed E-state index contributed by atoms with van der Waals surface area (Å²) in [7, 11) is 1.34. The van der Waals surface area contributed by atoms with E-state index in [1.165, 1.54) is 29.8 Å². The molecule has 0 spiro atoms. The van der Waals surface area contributed by atoms with Gasteiger partial charge in [0.25, 0.3) is 5.56 Å². The van der Waals surface area contributed by atoms with Gasteiger partial charge in [-0.25, -0.2) is 9.79 Å². The van der Waals surface area contributed by atoms with Crippen molar-refractivity contribution < 1.29 is 9.53 Å². The lowest BCUT2D eigenvalue weighted by atomic mass is 10.0. The number of nitrogens with zero attached hydrogens (tertiary/aromatic N) is 2. The zero-order chi connectivity index (χ0) is 20.4. The Balaban J connectivity index is 1.85. The van der Waals surface area contributed by atoms with Gasteiger partial charge in [0.2, 0.25) is 0 Å². The number of thiophene rings is 1. The van der Waals surface area contributed by atoms with Crippen molar-refractivity contribution in [2.24, 2.45) is 4.99 Å². The van der Waals surface area contributed by atoms with Gasteiger partial charge >= 0.3 is 5.97 Å². The molecular formula is C22H18N2O3S2. The Labute approximate surface area is 175 Å². The molecule has 0 bridgehead atoms. The Hall–Kier alpha value is -3.03. The molecule has 3 heterocycles. The van der Waals surface area contributed by atoms with Gasteiger partial charge in [0.15, 0.2) is 4.80 Å². The minimum atomic E-state index is -0.529. The Morgan fingerprint density at radius 2 is 2.00 bits per heavy atom. The van der Waals surface area contributed by atoms with Crippen LogP contribution in [0.5, 0.6) is 0 Å². The van der Waals surface area contributed by atoms with Gasteiger partial charge in [0.1, 0.15) is 6.04 Å². The van der Waals surface area contributed by atoms with Gasteiger partial charge in [0.05, 0.1) is 22.9 Å². The third kappa shape index (κ3) is 3.66. The number of aromatic nitrogens is 1. The number of methoxy groups -OCH3 is 1. The molecule has 0 saturated heterocycles. The first-order valence-corrected chi connectivity index (χ1v) is 10.7. The van der Waals surface area contributed by atoms with E-state index in [2.05, 4.69) is 4.99 Å². The Bertz CT molecular complexity index is 1280. The first-order valence-electron chi connectivity index (χ1n) is 8.96. The molecule has 0 fully saturated rings. The van der Waals surface area contributed by atoms with Crippen LogP contribution in [0.25, 0.3) is 12.2 Å². The van der Waals surface area contributed by atoms with Gasteiger partial charge in [-0.3, -0.25) is 9.36 Å². The minimum absolute atomic E-state index is 0.168. The standard InChI is InChI=1S/C22H18N2O3S2/c1-14-18(21(26)27-2)19(16-12-7-13-28-16)24-20(25)17(29-22(24)23-14)11-6-10-15-8-4-3-5-9-15/h3-13,19H,1-2H3/b10-6-,17-11?/t19-/m1/s1. The Kier molecular flexibility index (Phi) is 5.42. The van der Waals surface area contributed by atoms with Crippen molar-refractivity contribution >= 4 is 40.8 Å². The largest absolute Gasteiger partial charge is 0.466 e. The lowest BCUT2D eigenvalue weighted by molar-refractivity contribution is -0.136. The highest BCUT2D eigenvalue weighted by molar-refractivity contribution is 7.10. The van der Waals surface area contributed by atoms with Crippen LogP contribution < -0.4 is 14.9 Å². The molecule has 7 heteroatoms. The number of fused-ring (bicyclic) bond motifs is 1. The molecule has 1 aliphatic heterocycles. The van der Waals surface area contributed by atoms with Crippen LogP contribution in [-0.4, -0.2) is 17.6 Å². The van der Waals surface area contributed by atoms with E-state index in [1.54, 1.807) is 17.6 Å². The van der Waals surface area contributed by atoms with E-state index in [9.17, 15) is 9.59 Å². The quantitative estimate of drug-likeness (QED) is 0.607. The number of esters is 1. The molecule has 146 valence electrons. The number of allylic oxidation sites excluding steroid dienone is 2. The number of thiazole rings is 1. The van der Waals surface area contributed by atoms with Crippen molar-refractivity contribution in [1.29, 1.82) is 0 Å². The van der Waals surface area contributed by atoms with E-state index in [1.807, 2.05) is 60.0 Å². The molecule has 0 unspecified atom stereocenters. The smallest absolute Gasteiger partial charge is 0.338 e. The van der Waals surface area contributed by atoms with Crippen LogP contribution in [0.3, 0.4) is 0 Å². The number of carbonyl (C=O) groups is 1. The van der Waals surface area contributed by atoms with Crippen LogP contribution in [0.1, 0.15) is 23.4 Å². The molecule has 0 amide bonds. The van der Waals surface area contributed by atoms with E-state index in [4.69, 9.17) is 4.74 Å². The zero-order valence-electron chi connectivity index (χ0n) is 15.9. The molecule has 0 N–H and O–H groups in total. The summed E-state index contributed by atoms with van der Waals surface area (Å²) in [6.07, 6.45) is 5.59. The van der Waals surface area contributed by atoms with Crippen LogP contribution in [0.15, 0.2) is 75.0 Å². The van der Waals surface area contributed by atoms with Crippen molar-refractivity contribution in [2.45, 2.75) is 13.0 Å². The summed E-state index contributed by atoms with van der Waals surface area (Å²) in [5, 5.41) is 1.93. The number of benzene rings is 1. The maximum atomic E-state index is 13.2. The first kappa shape index (κ1) is 19.3. The fourth-order valence-electron chi connectivity index (χ4n) is 3.23. The summed E-state index contributed by atoms with van der Waals surface area (Å²) in [6.45, 7) is 1.78. The van der Waals surface area contributed by atoms with Gasteiger partial charge in [-0.05, 0) is 30.0 Å². The highest BCUT2D eigenvalue weighted by atomic mass is 32.1. The summed E-state index contributed by atoms with van der Waals surface area (Å²) in [5.74, 6) is -0.470. The lowest BCUT2D eigenvalue weighted by Crippen LogP contribution is -2.39. The molecule has 1 aliphatic rings. The second kappa shape index (κ2) is 8.14. The summed E-state index contributed by atoms with van der Waals surface area (Å²) in [6, 6.07) is 13.2. The summed E-state index contributed by atoms with van der Waals surface area (Å²) in [4.78, 5) is 31.7. The van der Waals surface area contributed by atoms with Gasteiger partial charge < -0.3 is 4.74 Å². The number of hydrogen-bond donors (Lipinski definition) is 0. The van der Waals surface area contributed by atoms with Gasteiger partial charge in [-0.1, -0.05) is 59.9 Å². The fourth-order valence-corrected chi connectivity index (χ4v) is 5.06. The fraction of sp³-hybridized carbons (Fsp3) is 0.136. The maximum Gasteiger partial charge on any atom is 0.338 e. The molecule has 1 aromatic carbocycles. The number of rotatable bonds is 4. The molecule has 5 nitrogen and oxygen atoms in total. The van der Waals surface area contributed by atoms with E-state index in [0.717, 1.165) is 10.4 Å². The van der Waals surface area contributed by atoms with Crippen LogP contribution in [0, 0.1) is 0 Å². The van der Waals surface area contributed by atoms with Gasteiger partial charge in [-0.15, -0.1) is 11.3 Å². The predicted octanol–water partition coefficient (Wildman–Crippen LogP) is 3.13. The van der Waals surface area contributed by atoms with E-state index < -0.39 is 12.0 Å².